The van der Waals surface area contributed by atoms with E-state index in [1.54, 1.807) is 0 Å². The Bertz CT molecular complexity index is 413. The second-order valence-electron chi connectivity index (χ2n) is 3.42. The average Bonchev–Trinajstić information content (AvgIpc) is 2.27. The molecule has 5 nitrogen and oxygen atoms in total. The number of nitrogens with two attached hydrogens (primary N) is 1. The Morgan fingerprint density at radius 1 is 1.53 bits per heavy atom. The predicted molar refractivity (Wildman–Crippen MR) is 57.2 cm³/mol. The van der Waals surface area contributed by atoms with Gasteiger partial charge in [-0.15, -0.1) is 0 Å². The van der Waals surface area contributed by atoms with Crippen LogP contribution in [0.3, 0.4) is 0 Å². The minimum atomic E-state index is -2.55. The van der Waals surface area contributed by atoms with Gasteiger partial charge in [-0.2, -0.15) is 0 Å². The van der Waals surface area contributed by atoms with Crippen molar-refractivity contribution in [2.24, 2.45) is 5.73 Å². The summed E-state index contributed by atoms with van der Waals surface area (Å²) in [7, 11) is 1.29. The number of nitro benzene ring substituents is 1. The van der Waals surface area contributed by atoms with Gasteiger partial charge in [0.15, 0.2) is 5.75 Å². The molecule has 0 fully saturated rings. The highest BCUT2D eigenvalue weighted by molar-refractivity contribution is 5.49. The molecule has 17 heavy (non-hydrogen) atoms. The van der Waals surface area contributed by atoms with Crippen molar-refractivity contribution in [3.63, 3.8) is 0 Å². The lowest BCUT2D eigenvalue weighted by atomic mass is 10.0. The van der Waals surface area contributed by atoms with Gasteiger partial charge in [0, 0.05) is 18.5 Å². The van der Waals surface area contributed by atoms with Crippen LogP contribution in [0.1, 0.15) is 18.0 Å². The number of nitro groups is 1. The van der Waals surface area contributed by atoms with Crippen LogP contribution < -0.4 is 10.5 Å². The first kappa shape index (κ1) is 13.3. The molecule has 1 atom stereocenters. The van der Waals surface area contributed by atoms with E-state index in [4.69, 9.17) is 10.5 Å². The molecule has 0 radical (unpaired) electrons. The van der Waals surface area contributed by atoms with Crippen LogP contribution in [-0.4, -0.2) is 18.5 Å². The number of hydrogen-bond acceptors (Lipinski definition) is 4. The Balaban J connectivity index is 3.03. The maximum atomic E-state index is 12.1. The summed E-state index contributed by atoms with van der Waals surface area (Å²) in [6.45, 7) is 0. The molecule has 94 valence electrons. The predicted octanol–water partition coefficient (Wildman–Crippen LogP) is 2.26. The first-order valence-corrected chi connectivity index (χ1v) is 4.81. The van der Waals surface area contributed by atoms with Crippen LogP contribution in [0.5, 0.6) is 5.75 Å². The van der Waals surface area contributed by atoms with Crippen molar-refractivity contribution in [3.05, 3.63) is 33.9 Å². The van der Waals surface area contributed by atoms with Crippen molar-refractivity contribution in [1.29, 1.82) is 0 Å². The van der Waals surface area contributed by atoms with Gasteiger partial charge in [0.2, 0.25) is 6.43 Å². The fraction of sp³-hybridized carbons (Fsp3) is 0.400. The van der Waals surface area contributed by atoms with E-state index >= 15 is 0 Å². The minimum Gasteiger partial charge on any atom is -0.490 e. The van der Waals surface area contributed by atoms with E-state index in [9.17, 15) is 18.9 Å². The highest BCUT2D eigenvalue weighted by Gasteiger charge is 2.19. The Labute approximate surface area is 96.3 Å². The summed E-state index contributed by atoms with van der Waals surface area (Å²) in [5.41, 5.74) is 5.52. The van der Waals surface area contributed by atoms with E-state index in [0.717, 1.165) is 6.07 Å². The monoisotopic (exact) mass is 246 g/mol. The van der Waals surface area contributed by atoms with E-state index in [1.807, 2.05) is 0 Å². The number of halogens is 2. The van der Waals surface area contributed by atoms with Crippen molar-refractivity contribution in [2.45, 2.75) is 18.9 Å². The molecule has 0 heterocycles. The van der Waals surface area contributed by atoms with Gasteiger partial charge in [-0.1, -0.05) is 6.07 Å². The van der Waals surface area contributed by atoms with Crippen LogP contribution >= 0.6 is 0 Å². The first-order chi connectivity index (χ1) is 7.95. The highest BCUT2D eigenvalue weighted by Crippen LogP contribution is 2.30. The summed E-state index contributed by atoms with van der Waals surface area (Å²) in [6, 6.07) is 3.02. The van der Waals surface area contributed by atoms with Gasteiger partial charge in [0.1, 0.15) is 0 Å². The SMILES string of the molecule is COc1ccc([C@@H](N)CC(F)F)cc1[N+](=O)[O-]. The summed E-state index contributed by atoms with van der Waals surface area (Å²) < 4.78 is 29.1. The van der Waals surface area contributed by atoms with Crippen molar-refractivity contribution < 1.29 is 18.4 Å². The zero-order chi connectivity index (χ0) is 13.0. The standard InChI is InChI=1S/C10H12F2N2O3/c1-17-9-3-2-6(4-8(9)14(15)16)7(13)5-10(11)12/h2-4,7,10H,5,13H2,1H3/t7-/m0/s1. The quantitative estimate of drug-likeness (QED) is 0.638. The number of rotatable bonds is 5. The topological polar surface area (TPSA) is 78.4 Å². The first-order valence-electron chi connectivity index (χ1n) is 4.81. The molecule has 7 heteroatoms. The van der Waals surface area contributed by atoms with E-state index in [0.29, 0.717) is 0 Å². The van der Waals surface area contributed by atoms with Crippen LogP contribution in [0.4, 0.5) is 14.5 Å². The third-order valence-corrected chi connectivity index (χ3v) is 2.26. The second kappa shape index (κ2) is 5.53. The molecule has 0 saturated heterocycles. The number of benzene rings is 1. The average molecular weight is 246 g/mol. The lowest BCUT2D eigenvalue weighted by Gasteiger charge is -2.12. The lowest BCUT2D eigenvalue weighted by Crippen LogP contribution is -2.14. The number of nitrogens with zero attached hydrogens (tertiary/aromatic N) is 1. The van der Waals surface area contributed by atoms with Crippen molar-refractivity contribution in [2.75, 3.05) is 7.11 Å². The maximum Gasteiger partial charge on any atom is 0.311 e. The van der Waals surface area contributed by atoms with Gasteiger partial charge in [-0.3, -0.25) is 10.1 Å². The summed E-state index contributed by atoms with van der Waals surface area (Å²) >= 11 is 0. The lowest BCUT2D eigenvalue weighted by molar-refractivity contribution is -0.385. The van der Waals surface area contributed by atoms with Crippen LogP contribution in [0, 0.1) is 10.1 Å². The number of methoxy groups -OCH3 is 1. The highest BCUT2D eigenvalue weighted by atomic mass is 19.3. The molecular weight excluding hydrogens is 234 g/mol. The molecule has 2 N–H and O–H groups in total. The molecule has 0 aliphatic heterocycles. The smallest absolute Gasteiger partial charge is 0.311 e. The summed E-state index contributed by atoms with van der Waals surface area (Å²) in [4.78, 5) is 10.1. The summed E-state index contributed by atoms with van der Waals surface area (Å²) in [5, 5.41) is 10.7. The van der Waals surface area contributed by atoms with Gasteiger partial charge in [-0.05, 0) is 11.6 Å². The van der Waals surface area contributed by atoms with Crippen molar-refractivity contribution >= 4 is 5.69 Å². The number of ether oxygens (including phenoxy) is 1. The van der Waals surface area contributed by atoms with Crippen LogP contribution in [0.15, 0.2) is 18.2 Å². The zero-order valence-corrected chi connectivity index (χ0v) is 9.10. The molecular formula is C10H12F2N2O3. The van der Waals surface area contributed by atoms with Gasteiger partial charge < -0.3 is 10.5 Å². The minimum absolute atomic E-state index is 0.0722. The Hall–Kier alpha value is -1.76. The number of hydrogen-bond donors (Lipinski definition) is 1. The van der Waals surface area contributed by atoms with E-state index in [2.05, 4.69) is 0 Å². The molecule has 0 aliphatic rings. The van der Waals surface area contributed by atoms with E-state index in [-0.39, 0.29) is 17.0 Å². The molecule has 0 spiro atoms. The molecule has 0 aromatic heterocycles. The van der Waals surface area contributed by atoms with Gasteiger partial charge in [0.25, 0.3) is 0 Å². The van der Waals surface area contributed by atoms with Crippen molar-refractivity contribution in [3.8, 4) is 5.75 Å². The molecule has 0 amide bonds. The van der Waals surface area contributed by atoms with Gasteiger partial charge in [-0.25, -0.2) is 8.78 Å². The molecule has 1 aromatic rings. The third kappa shape index (κ3) is 3.35. The second-order valence-corrected chi connectivity index (χ2v) is 3.42. The van der Waals surface area contributed by atoms with E-state index < -0.39 is 23.8 Å². The van der Waals surface area contributed by atoms with Gasteiger partial charge >= 0.3 is 5.69 Å². The zero-order valence-electron chi connectivity index (χ0n) is 9.10. The molecule has 1 aromatic carbocycles. The summed E-state index contributed by atoms with van der Waals surface area (Å²) in [6.07, 6.45) is -3.09. The maximum absolute atomic E-state index is 12.1. The molecule has 0 unspecified atom stereocenters. The molecule has 0 saturated carbocycles. The fourth-order valence-corrected chi connectivity index (χ4v) is 1.41. The Kier molecular flexibility index (Phi) is 4.33. The normalized spacial score (nSPS) is 12.5. The molecule has 0 aliphatic carbocycles. The molecule has 1 rings (SSSR count). The van der Waals surface area contributed by atoms with E-state index in [1.165, 1.54) is 19.2 Å². The van der Waals surface area contributed by atoms with Crippen LogP contribution in [-0.2, 0) is 0 Å². The van der Waals surface area contributed by atoms with Crippen LogP contribution in [0.25, 0.3) is 0 Å². The summed E-state index contributed by atoms with van der Waals surface area (Å²) in [5.74, 6) is 0.0722. The number of alkyl halides is 2. The van der Waals surface area contributed by atoms with Gasteiger partial charge in [0.05, 0.1) is 12.0 Å². The Morgan fingerprint density at radius 3 is 2.65 bits per heavy atom. The largest absolute Gasteiger partial charge is 0.490 e. The fourth-order valence-electron chi connectivity index (χ4n) is 1.41. The van der Waals surface area contributed by atoms with Crippen LogP contribution in [0.2, 0.25) is 0 Å². The van der Waals surface area contributed by atoms with Crippen molar-refractivity contribution in [1.82, 2.24) is 0 Å². The third-order valence-electron chi connectivity index (χ3n) is 2.26. The Morgan fingerprint density at radius 2 is 2.18 bits per heavy atom. The molecule has 0 bridgehead atoms.